The molecule has 2 N–H and O–H groups in total. The highest BCUT2D eigenvalue weighted by atomic mass is 16.5. The van der Waals surface area contributed by atoms with E-state index in [1.54, 1.807) is 6.08 Å². The van der Waals surface area contributed by atoms with Gasteiger partial charge in [-0.3, -0.25) is 9.59 Å². The lowest BCUT2D eigenvalue weighted by molar-refractivity contribution is -0.155. The van der Waals surface area contributed by atoms with E-state index in [1.165, 1.54) is 24.8 Å². The summed E-state index contributed by atoms with van der Waals surface area (Å²) in [5.41, 5.74) is 1.20. The minimum atomic E-state index is -0.578. The Hall–Kier alpha value is -2.44. The van der Waals surface area contributed by atoms with Crippen LogP contribution >= 0.6 is 0 Å². The molecule has 6 nitrogen and oxygen atoms in total. The number of allylic oxidation sites excluding steroid dienone is 2. The highest BCUT2D eigenvalue weighted by molar-refractivity contribution is 5.74. The number of aliphatic hydroxyl groups is 2. The zero-order valence-electron chi connectivity index (χ0n) is 27.0. The summed E-state index contributed by atoms with van der Waals surface area (Å²) < 4.78 is 11.3. The first kappa shape index (κ1) is 36.8. The van der Waals surface area contributed by atoms with Gasteiger partial charge >= 0.3 is 11.9 Å². The molecule has 0 spiro atoms. The van der Waals surface area contributed by atoms with Crippen molar-refractivity contribution in [2.45, 2.75) is 141 Å². The average Bonchev–Trinajstić information content (AvgIpc) is 3.27. The highest BCUT2D eigenvalue weighted by Gasteiger charge is 2.44. The van der Waals surface area contributed by atoms with Crippen LogP contribution in [0.3, 0.4) is 0 Å². The molecule has 1 fully saturated rings. The molecule has 0 aromatic heterocycles. The van der Waals surface area contributed by atoms with Crippen molar-refractivity contribution in [3.63, 3.8) is 0 Å². The normalized spacial score (nSPS) is 21.6. The zero-order valence-corrected chi connectivity index (χ0v) is 27.0. The molecule has 2 rings (SSSR count). The van der Waals surface area contributed by atoms with Gasteiger partial charge in [0, 0.05) is 18.8 Å². The van der Waals surface area contributed by atoms with Crippen LogP contribution in [0.4, 0.5) is 0 Å². The fourth-order valence-corrected chi connectivity index (χ4v) is 6.12. The maximum absolute atomic E-state index is 13.2. The molecule has 242 valence electrons. The maximum atomic E-state index is 13.2. The van der Waals surface area contributed by atoms with Gasteiger partial charge in [-0.2, -0.15) is 0 Å². The first-order valence-electron chi connectivity index (χ1n) is 16.8. The Kier molecular flexibility index (Phi) is 18.2. The number of esters is 2. The van der Waals surface area contributed by atoms with E-state index in [4.69, 9.17) is 9.47 Å². The molecule has 1 aromatic rings. The molecule has 0 saturated heterocycles. The van der Waals surface area contributed by atoms with E-state index >= 15 is 0 Å². The van der Waals surface area contributed by atoms with E-state index in [0.29, 0.717) is 44.9 Å². The van der Waals surface area contributed by atoms with Crippen LogP contribution in [0, 0.1) is 17.8 Å². The second kappa shape index (κ2) is 21.3. The second-order valence-electron chi connectivity index (χ2n) is 12.5. The van der Waals surface area contributed by atoms with Crippen LogP contribution in [0.1, 0.15) is 116 Å². The number of benzene rings is 1. The minimum absolute atomic E-state index is 0.0361. The van der Waals surface area contributed by atoms with Crippen molar-refractivity contribution in [2.75, 3.05) is 0 Å². The third kappa shape index (κ3) is 14.7. The monoisotopic (exact) mass is 598 g/mol. The Bertz CT molecular complexity index is 942. The van der Waals surface area contributed by atoms with E-state index in [-0.39, 0.29) is 41.9 Å². The summed E-state index contributed by atoms with van der Waals surface area (Å²) in [4.78, 5) is 25.0. The lowest BCUT2D eigenvalue weighted by Gasteiger charge is -2.27. The first-order chi connectivity index (χ1) is 20.7. The van der Waals surface area contributed by atoms with E-state index in [9.17, 15) is 19.8 Å². The number of unbranched alkanes of at least 4 members (excludes halogenated alkanes) is 5. The van der Waals surface area contributed by atoms with Crippen LogP contribution in [0.15, 0.2) is 55.1 Å². The van der Waals surface area contributed by atoms with Gasteiger partial charge in [0.25, 0.3) is 0 Å². The number of hydrogen-bond acceptors (Lipinski definition) is 6. The molecule has 1 aliphatic carbocycles. The number of aryl methyl sites for hydroxylation is 1. The van der Waals surface area contributed by atoms with Crippen molar-refractivity contribution in [2.24, 2.45) is 17.8 Å². The summed E-state index contributed by atoms with van der Waals surface area (Å²) in [6, 6.07) is 10.2. The van der Waals surface area contributed by atoms with Crippen LogP contribution in [-0.4, -0.2) is 46.6 Å². The molecule has 0 heterocycles. The van der Waals surface area contributed by atoms with Crippen LogP contribution < -0.4 is 0 Å². The second-order valence-corrected chi connectivity index (χ2v) is 12.5. The zero-order chi connectivity index (χ0) is 31.5. The lowest BCUT2D eigenvalue weighted by Crippen LogP contribution is -2.29. The summed E-state index contributed by atoms with van der Waals surface area (Å²) in [5, 5.41) is 21.9. The fourth-order valence-electron chi connectivity index (χ4n) is 6.12. The number of carbonyl (C=O) groups is 2. The van der Waals surface area contributed by atoms with Crippen LogP contribution in [0.2, 0.25) is 0 Å². The first-order valence-corrected chi connectivity index (χ1v) is 16.8. The summed E-state index contributed by atoms with van der Waals surface area (Å²) in [6.07, 6.45) is 16.4. The molecule has 1 aliphatic rings. The van der Waals surface area contributed by atoms with Crippen LogP contribution in [0.5, 0.6) is 0 Å². The molecular weight excluding hydrogens is 540 g/mol. The largest absolute Gasteiger partial charge is 0.463 e. The third-order valence-electron chi connectivity index (χ3n) is 8.61. The van der Waals surface area contributed by atoms with Gasteiger partial charge in [-0.15, -0.1) is 6.58 Å². The fraction of sp³-hybridized carbons (Fsp3) is 0.676. The molecule has 0 aliphatic heterocycles. The number of aliphatic hydroxyl groups excluding tert-OH is 2. The van der Waals surface area contributed by atoms with Crippen molar-refractivity contribution in [1.82, 2.24) is 0 Å². The Balaban J connectivity index is 1.97. The van der Waals surface area contributed by atoms with Crippen molar-refractivity contribution in [1.29, 1.82) is 0 Å². The molecule has 1 unspecified atom stereocenters. The van der Waals surface area contributed by atoms with E-state index in [2.05, 4.69) is 37.8 Å². The molecule has 1 saturated carbocycles. The Morgan fingerprint density at radius 2 is 1.74 bits per heavy atom. The average molecular weight is 599 g/mol. The number of rotatable bonds is 22. The lowest BCUT2D eigenvalue weighted by atomic mass is 9.85. The molecule has 0 bridgehead atoms. The summed E-state index contributed by atoms with van der Waals surface area (Å²) in [7, 11) is 0. The summed E-state index contributed by atoms with van der Waals surface area (Å²) >= 11 is 0. The van der Waals surface area contributed by atoms with Gasteiger partial charge in [0.1, 0.15) is 6.10 Å². The Morgan fingerprint density at radius 3 is 2.44 bits per heavy atom. The predicted molar refractivity (Wildman–Crippen MR) is 173 cm³/mol. The van der Waals surface area contributed by atoms with Gasteiger partial charge in [-0.25, -0.2) is 0 Å². The third-order valence-corrected chi connectivity index (χ3v) is 8.61. The molecule has 0 radical (unpaired) electrons. The van der Waals surface area contributed by atoms with E-state index in [1.807, 2.05) is 32.0 Å². The predicted octanol–water partition coefficient (Wildman–Crippen LogP) is 7.90. The standard InChI is InChI=1S/C37H58O6/c1-5-7-8-9-15-20-30(6-2)37(41)43-35-27-34(39)32(21-16-10-11-17-22-36(40)42-28(3)4)33(35)26-25-31(38)24-23-29-18-13-12-14-19-29/h6,10,12-14,16,18-19,28,30-35,38-39H,2,5,7-9,11,15,17,20-27H2,1,3-4H3/b16-10-/t30?,31-,32+,33+,34-,35+/m0/s1. The van der Waals surface area contributed by atoms with Gasteiger partial charge in [-0.05, 0) is 76.7 Å². The van der Waals surface area contributed by atoms with Crippen molar-refractivity contribution >= 4 is 11.9 Å². The topological polar surface area (TPSA) is 93.1 Å². The quantitative estimate of drug-likeness (QED) is 0.0801. The van der Waals surface area contributed by atoms with Gasteiger partial charge in [0.15, 0.2) is 0 Å². The van der Waals surface area contributed by atoms with Gasteiger partial charge in [0.2, 0.25) is 0 Å². The number of ether oxygens (including phenoxy) is 2. The molecule has 1 aromatic carbocycles. The Labute approximate surface area is 260 Å². The molecule has 43 heavy (non-hydrogen) atoms. The minimum Gasteiger partial charge on any atom is -0.463 e. The smallest absolute Gasteiger partial charge is 0.313 e. The summed E-state index contributed by atoms with van der Waals surface area (Å²) in [6.45, 7) is 9.78. The van der Waals surface area contributed by atoms with Crippen LogP contribution in [-0.2, 0) is 25.5 Å². The van der Waals surface area contributed by atoms with Crippen molar-refractivity contribution in [3.05, 3.63) is 60.7 Å². The maximum Gasteiger partial charge on any atom is 0.313 e. The van der Waals surface area contributed by atoms with Crippen LogP contribution in [0.25, 0.3) is 0 Å². The van der Waals surface area contributed by atoms with E-state index < -0.39 is 12.2 Å². The molecular formula is C37H58O6. The van der Waals surface area contributed by atoms with Gasteiger partial charge in [0.05, 0.1) is 24.2 Å². The van der Waals surface area contributed by atoms with Crippen molar-refractivity contribution < 1.29 is 29.3 Å². The molecule has 6 heteroatoms. The SMILES string of the molecule is C=CC(CCCCCCC)C(=O)O[C@@H]1C[C@H](O)[C@H](C/C=C\CCCC(=O)OC(C)C)[C@H]1CC[C@@H](O)CCc1ccccc1. The number of hydrogen-bond donors (Lipinski definition) is 2. The number of carbonyl (C=O) groups excluding carboxylic acids is 2. The van der Waals surface area contributed by atoms with Gasteiger partial charge < -0.3 is 19.7 Å². The Morgan fingerprint density at radius 1 is 1.00 bits per heavy atom. The van der Waals surface area contributed by atoms with E-state index in [0.717, 1.165) is 32.1 Å². The molecule has 0 amide bonds. The van der Waals surface area contributed by atoms with Crippen molar-refractivity contribution in [3.8, 4) is 0 Å². The summed E-state index contributed by atoms with van der Waals surface area (Å²) in [5.74, 6) is -0.855. The highest BCUT2D eigenvalue weighted by Crippen LogP contribution is 2.41. The molecule has 6 atom stereocenters. The van der Waals surface area contributed by atoms with Gasteiger partial charge in [-0.1, -0.05) is 87.6 Å².